The van der Waals surface area contributed by atoms with Gasteiger partial charge in [0.1, 0.15) is 11.3 Å². The molecule has 1 aliphatic heterocycles. The van der Waals surface area contributed by atoms with Crippen LogP contribution in [0.4, 0.5) is 16.3 Å². The van der Waals surface area contributed by atoms with E-state index in [1.165, 1.54) is 35.0 Å². The number of aliphatic hydroxyl groups excluding tert-OH is 1. The van der Waals surface area contributed by atoms with Crippen molar-refractivity contribution in [2.24, 2.45) is 7.05 Å². The number of methoxy groups -OCH3 is 1. The number of nitrogens with one attached hydrogen (secondary N) is 1. The van der Waals surface area contributed by atoms with Gasteiger partial charge in [-0.1, -0.05) is 0 Å². The van der Waals surface area contributed by atoms with Crippen molar-refractivity contribution < 1.29 is 24.2 Å². The molecule has 0 unspecified atom stereocenters. The molecule has 2 N–H and O–H groups in total. The molecule has 3 rings (SSSR count). The molecule has 2 aromatic rings. The summed E-state index contributed by atoms with van der Waals surface area (Å²) in [6.07, 6.45) is 0.537. The van der Waals surface area contributed by atoms with Crippen molar-refractivity contribution in [3.05, 3.63) is 53.4 Å². The summed E-state index contributed by atoms with van der Waals surface area (Å²) < 4.78 is 6.11. The maximum Gasteiger partial charge on any atom is 0.436 e. The number of aromatic nitrogens is 2. The van der Waals surface area contributed by atoms with E-state index in [9.17, 15) is 19.5 Å². The lowest BCUT2D eigenvalue weighted by atomic mass is 10.1. The molecule has 3 amide bonds. The number of aliphatic hydroxyl groups is 1. The highest BCUT2D eigenvalue weighted by Crippen LogP contribution is 2.26. The second kappa shape index (κ2) is 7.73. The number of anilines is 2. The van der Waals surface area contributed by atoms with Crippen LogP contribution in [-0.2, 0) is 21.4 Å². The van der Waals surface area contributed by atoms with Gasteiger partial charge in [0.2, 0.25) is 0 Å². The first kappa shape index (κ1) is 19.4. The third kappa shape index (κ3) is 3.72. The zero-order chi connectivity index (χ0) is 21.1. The largest absolute Gasteiger partial charge is 0.509 e. The van der Waals surface area contributed by atoms with Gasteiger partial charge in [-0.05, 0) is 24.3 Å². The van der Waals surface area contributed by atoms with E-state index in [-0.39, 0.29) is 12.4 Å². The van der Waals surface area contributed by atoms with Crippen molar-refractivity contribution in [2.75, 3.05) is 24.0 Å². The molecular formula is C18H16N6O5. The summed E-state index contributed by atoms with van der Waals surface area (Å²) in [5, 5.41) is 27.4. The highest BCUT2D eigenvalue weighted by molar-refractivity contribution is 6.26. The van der Waals surface area contributed by atoms with Gasteiger partial charge < -0.3 is 15.2 Å². The van der Waals surface area contributed by atoms with Crippen LogP contribution in [-0.4, -0.2) is 51.5 Å². The SMILES string of the molecule is COC(=O)N1C(=O)C(C(=O)Nc2ccn(C)n2)=C(O)CN1c1ccc(C#N)cc1. The normalized spacial score (nSPS) is 13.9. The van der Waals surface area contributed by atoms with Crippen molar-refractivity contribution in [1.82, 2.24) is 14.8 Å². The number of carbonyl (C=O) groups is 3. The zero-order valence-corrected chi connectivity index (χ0v) is 15.5. The Hall–Kier alpha value is -4.33. The van der Waals surface area contributed by atoms with E-state index < -0.39 is 29.2 Å². The molecular weight excluding hydrogens is 380 g/mol. The first-order chi connectivity index (χ1) is 13.8. The van der Waals surface area contributed by atoms with E-state index in [0.29, 0.717) is 16.3 Å². The lowest BCUT2D eigenvalue weighted by molar-refractivity contribution is -0.129. The Morgan fingerprint density at radius 1 is 1.28 bits per heavy atom. The Morgan fingerprint density at radius 3 is 2.52 bits per heavy atom. The van der Waals surface area contributed by atoms with E-state index in [1.54, 1.807) is 13.2 Å². The van der Waals surface area contributed by atoms with Crippen LogP contribution in [0, 0.1) is 11.3 Å². The highest BCUT2D eigenvalue weighted by Gasteiger charge is 2.41. The molecule has 0 fully saturated rings. The summed E-state index contributed by atoms with van der Waals surface area (Å²) in [4.78, 5) is 37.7. The van der Waals surface area contributed by atoms with Crippen LogP contribution < -0.4 is 10.3 Å². The number of hydrogen-bond donors (Lipinski definition) is 2. The first-order valence-electron chi connectivity index (χ1n) is 8.28. The number of benzene rings is 1. The standard InChI is InChI=1S/C18H16N6O5/c1-22-8-7-14(21-22)20-16(26)15-13(25)10-23(24(17(15)27)18(28)29-2)12-5-3-11(9-19)4-6-12/h3-8,25H,10H2,1-2H3,(H,20,21,26). The zero-order valence-electron chi connectivity index (χ0n) is 15.5. The predicted octanol–water partition coefficient (Wildman–Crippen LogP) is 1.07. The van der Waals surface area contributed by atoms with E-state index in [0.717, 1.165) is 12.1 Å². The second-order valence-electron chi connectivity index (χ2n) is 5.95. The Labute approximate surface area is 165 Å². The highest BCUT2D eigenvalue weighted by atomic mass is 16.5. The first-order valence-corrected chi connectivity index (χ1v) is 8.28. The molecule has 1 aromatic carbocycles. The number of hydrogen-bond acceptors (Lipinski definition) is 8. The fourth-order valence-electron chi connectivity index (χ4n) is 2.70. The lowest BCUT2D eigenvalue weighted by Gasteiger charge is -2.37. The van der Waals surface area contributed by atoms with Crippen LogP contribution in [0.15, 0.2) is 47.9 Å². The Kier molecular flexibility index (Phi) is 5.18. The predicted molar refractivity (Wildman–Crippen MR) is 99.2 cm³/mol. The van der Waals surface area contributed by atoms with Gasteiger partial charge >= 0.3 is 6.09 Å². The van der Waals surface area contributed by atoms with Gasteiger partial charge in [-0.2, -0.15) is 10.4 Å². The monoisotopic (exact) mass is 396 g/mol. The van der Waals surface area contributed by atoms with Crippen molar-refractivity contribution in [2.45, 2.75) is 0 Å². The number of nitrogens with zero attached hydrogens (tertiary/aromatic N) is 5. The van der Waals surface area contributed by atoms with Crippen LogP contribution in [0.5, 0.6) is 0 Å². The van der Waals surface area contributed by atoms with Crippen molar-refractivity contribution in [1.29, 1.82) is 5.26 Å². The molecule has 0 saturated heterocycles. The maximum absolute atomic E-state index is 12.9. The number of amides is 3. The van der Waals surface area contributed by atoms with Crippen molar-refractivity contribution >= 4 is 29.4 Å². The van der Waals surface area contributed by atoms with Crippen LogP contribution in [0.3, 0.4) is 0 Å². The van der Waals surface area contributed by atoms with Gasteiger partial charge in [0.05, 0.1) is 31.0 Å². The number of ether oxygens (including phenoxy) is 1. The molecule has 0 saturated carbocycles. The second-order valence-corrected chi connectivity index (χ2v) is 5.95. The lowest BCUT2D eigenvalue weighted by Crippen LogP contribution is -2.56. The topological polar surface area (TPSA) is 141 Å². The van der Waals surface area contributed by atoms with Gasteiger partial charge in [0.15, 0.2) is 5.82 Å². The number of aryl methyl sites for hydroxylation is 1. The average molecular weight is 396 g/mol. The molecule has 29 heavy (non-hydrogen) atoms. The maximum atomic E-state index is 12.9. The van der Waals surface area contributed by atoms with Crippen molar-refractivity contribution in [3.63, 3.8) is 0 Å². The van der Waals surface area contributed by atoms with Crippen molar-refractivity contribution in [3.8, 4) is 6.07 Å². The van der Waals surface area contributed by atoms with Gasteiger partial charge in [-0.3, -0.25) is 19.3 Å². The molecule has 11 heteroatoms. The van der Waals surface area contributed by atoms with Crippen LogP contribution in [0.25, 0.3) is 0 Å². The summed E-state index contributed by atoms with van der Waals surface area (Å²) in [7, 11) is 2.73. The minimum absolute atomic E-state index is 0.171. The van der Waals surface area contributed by atoms with Gasteiger partial charge in [-0.25, -0.2) is 4.79 Å². The van der Waals surface area contributed by atoms with E-state index in [1.807, 2.05) is 6.07 Å². The van der Waals surface area contributed by atoms with Crippen LogP contribution in [0.2, 0.25) is 0 Å². The third-order valence-electron chi connectivity index (χ3n) is 4.06. The van der Waals surface area contributed by atoms with Crippen LogP contribution >= 0.6 is 0 Å². The number of hydrazine groups is 1. The van der Waals surface area contributed by atoms with Gasteiger partial charge in [-0.15, -0.1) is 5.01 Å². The summed E-state index contributed by atoms with van der Waals surface area (Å²) in [5.74, 6) is -2.35. The fraction of sp³-hybridized carbons (Fsp3) is 0.167. The van der Waals surface area contributed by atoms with E-state index in [4.69, 9.17) is 5.26 Å². The minimum Gasteiger partial charge on any atom is -0.509 e. The Bertz CT molecular complexity index is 1050. The molecule has 2 heterocycles. The number of rotatable bonds is 3. The molecule has 0 bridgehead atoms. The summed E-state index contributed by atoms with van der Waals surface area (Å²) >= 11 is 0. The summed E-state index contributed by atoms with van der Waals surface area (Å²) in [6.45, 7) is -0.349. The Morgan fingerprint density at radius 2 is 1.97 bits per heavy atom. The number of imide groups is 1. The molecule has 1 aromatic heterocycles. The summed E-state index contributed by atoms with van der Waals surface area (Å²) in [5.41, 5.74) is 0.0985. The number of nitriles is 1. The van der Waals surface area contributed by atoms with Gasteiger partial charge in [0, 0.05) is 19.3 Å². The van der Waals surface area contributed by atoms with Gasteiger partial charge in [0.25, 0.3) is 11.8 Å². The van der Waals surface area contributed by atoms with E-state index >= 15 is 0 Å². The van der Waals surface area contributed by atoms with Crippen LogP contribution in [0.1, 0.15) is 5.56 Å². The minimum atomic E-state index is -1.07. The fourth-order valence-corrected chi connectivity index (χ4v) is 2.70. The molecule has 11 nitrogen and oxygen atoms in total. The smallest absolute Gasteiger partial charge is 0.436 e. The quantitative estimate of drug-likeness (QED) is 0.734. The molecule has 0 aliphatic carbocycles. The summed E-state index contributed by atoms with van der Waals surface area (Å²) in [6, 6.07) is 9.42. The Balaban J connectivity index is 1.97. The third-order valence-corrected chi connectivity index (χ3v) is 4.06. The average Bonchev–Trinajstić information content (AvgIpc) is 3.11. The van der Waals surface area contributed by atoms with E-state index in [2.05, 4.69) is 15.2 Å². The molecule has 1 aliphatic rings. The molecule has 148 valence electrons. The molecule has 0 spiro atoms. The molecule has 0 atom stereocenters. The molecule has 0 radical (unpaired) electrons. The number of carbonyl (C=O) groups excluding carboxylic acids is 3.